The van der Waals surface area contributed by atoms with Crippen molar-refractivity contribution < 1.29 is 18.7 Å². The molecule has 1 aliphatic heterocycles. The first kappa shape index (κ1) is 10.8. The molecule has 1 heterocycles. The van der Waals surface area contributed by atoms with Gasteiger partial charge in [-0.25, -0.2) is 8.78 Å². The highest BCUT2D eigenvalue weighted by atomic mass is 19.3. The van der Waals surface area contributed by atoms with Crippen LogP contribution in [-0.2, 0) is 4.79 Å². The summed E-state index contributed by atoms with van der Waals surface area (Å²) in [5, 5.41) is 8.89. The third-order valence-corrected chi connectivity index (χ3v) is 3.76. The van der Waals surface area contributed by atoms with Gasteiger partial charge in [0.2, 0.25) is 0 Å². The minimum absolute atomic E-state index is 0.00877. The van der Waals surface area contributed by atoms with Crippen molar-refractivity contribution in [2.45, 2.75) is 37.6 Å². The Bertz CT molecular complexity index is 295. The summed E-state index contributed by atoms with van der Waals surface area (Å²) in [6.07, 6.45) is 1.41. The fourth-order valence-corrected chi connectivity index (χ4v) is 2.52. The van der Waals surface area contributed by atoms with Crippen LogP contribution in [0.25, 0.3) is 0 Å². The molecule has 1 aliphatic carbocycles. The van der Waals surface area contributed by atoms with Crippen molar-refractivity contribution in [3.8, 4) is 0 Å². The van der Waals surface area contributed by atoms with E-state index >= 15 is 0 Å². The number of halogens is 2. The number of rotatable bonds is 3. The Balaban J connectivity index is 2.07. The smallest absolute Gasteiger partial charge is 0.316 e. The maximum absolute atomic E-state index is 13.1. The Kier molecular flexibility index (Phi) is 2.26. The molecule has 1 N–H and O–H groups in total. The number of carboxylic acids is 1. The van der Waals surface area contributed by atoms with E-state index in [0.29, 0.717) is 0 Å². The molecule has 0 spiro atoms. The predicted octanol–water partition coefficient (Wildman–Crippen LogP) is 1.58. The van der Waals surface area contributed by atoms with Gasteiger partial charge in [0.1, 0.15) is 5.41 Å². The molecule has 2 atom stereocenters. The van der Waals surface area contributed by atoms with Gasteiger partial charge in [-0.3, -0.25) is 4.79 Å². The van der Waals surface area contributed by atoms with Crippen LogP contribution >= 0.6 is 0 Å². The third kappa shape index (κ3) is 1.53. The van der Waals surface area contributed by atoms with Crippen LogP contribution in [0.2, 0.25) is 0 Å². The molecule has 2 unspecified atom stereocenters. The van der Waals surface area contributed by atoms with Gasteiger partial charge in [0.15, 0.2) is 0 Å². The maximum atomic E-state index is 13.1. The van der Waals surface area contributed by atoms with Gasteiger partial charge in [-0.2, -0.15) is 0 Å². The molecule has 0 aromatic rings. The van der Waals surface area contributed by atoms with Gasteiger partial charge in [0.05, 0.1) is 0 Å². The molecule has 0 aromatic carbocycles. The van der Waals surface area contributed by atoms with E-state index in [-0.39, 0.29) is 12.5 Å². The van der Waals surface area contributed by atoms with Crippen LogP contribution in [0.3, 0.4) is 0 Å². The van der Waals surface area contributed by atoms with Crippen molar-refractivity contribution in [1.29, 1.82) is 0 Å². The Morgan fingerprint density at radius 3 is 2.53 bits per heavy atom. The van der Waals surface area contributed by atoms with E-state index in [2.05, 4.69) is 0 Å². The predicted molar refractivity (Wildman–Crippen MR) is 49.9 cm³/mol. The monoisotopic (exact) mass is 219 g/mol. The molecule has 0 bridgehead atoms. The van der Waals surface area contributed by atoms with Crippen molar-refractivity contribution >= 4 is 5.97 Å². The summed E-state index contributed by atoms with van der Waals surface area (Å²) >= 11 is 0. The number of hydrogen-bond acceptors (Lipinski definition) is 2. The Labute approximate surface area is 87.1 Å². The van der Waals surface area contributed by atoms with Crippen LogP contribution in [0.4, 0.5) is 8.78 Å². The molecule has 0 amide bonds. The van der Waals surface area contributed by atoms with E-state index < -0.39 is 23.7 Å². The zero-order valence-electron chi connectivity index (χ0n) is 8.67. The van der Waals surface area contributed by atoms with Crippen LogP contribution in [0.15, 0.2) is 0 Å². The number of aliphatic carboxylic acids is 1. The summed E-state index contributed by atoms with van der Waals surface area (Å²) in [6.45, 7) is 0.881. The lowest BCUT2D eigenvalue weighted by Gasteiger charge is -2.22. The number of alkyl halides is 2. The SMILES string of the molecule is CN1CCCC1CC1(C(=O)O)CC1(F)F. The van der Waals surface area contributed by atoms with Gasteiger partial charge < -0.3 is 10.0 Å². The first-order chi connectivity index (χ1) is 6.89. The number of nitrogens with zero attached hydrogens (tertiary/aromatic N) is 1. The molecule has 1 saturated carbocycles. The minimum Gasteiger partial charge on any atom is -0.481 e. The van der Waals surface area contributed by atoms with E-state index in [4.69, 9.17) is 5.11 Å². The average Bonchev–Trinajstić information content (AvgIpc) is 2.47. The highest BCUT2D eigenvalue weighted by Crippen LogP contribution is 2.63. The molecule has 5 heteroatoms. The topological polar surface area (TPSA) is 40.5 Å². The lowest BCUT2D eigenvalue weighted by atomic mass is 9.95. The molecule has 15 heavy (non-hydrogen) atoms. The molecular formula is C10H15F2NO2. The molecule has 2 rings (SSSR count). The number of carboxylic acid groups (broad SMARTS) is 1. The molecule has 1 saturated heterocycles. The Morgan fingerprint density at radius 1 is 1.60 bits per heavy atom. The summed E-state index contributed by atoms with van der Waals surface area (Å²) in [7, 11) is 1.87. The first-order valence-corrected chi connectivity index (χ1v) is 5.20. The second kappa shape index (κ2) is 3.14. The van der Waals surface area contributed by atoms with E-state index in [1.54, 1.807) is 0 Å². The van der Waals surface area contributed by atoms with Crippen molar-refractivity contribution in [2.24, 2.45) is 5.41 Å². The largest absolute Gasteiger partial charge is 0.481 e. The lowest BCUT2D eigenvalue weighted by Crippen LogP contribution is -2.33. The zero-order valence-corrected chi connectivity index (χ0v) is 8.67. The van der Waals surface area contributed by atoms with Gasteiger partial charge in [-0.05, 0) is 32.9 Å². The zero-order chi connectivity index (χ0) is 11.3. The molecule has 86 valence electrons. The summed E-state index contributed by atoms with van der Waals surface area (Å²) in [5.41, 5.74) is -1.77. The standard InChI is InChI=1S/C10H15F2NO2/c1-13-4-2-3-7(13)5-9(8(14)15)6-10(9,11)12/h7H,2-6H2,1H3,(H,14,15). The second-order valence-electron chi connectivity index (χ2n) is 4.75. The normalized spacial score (nSPS) is 39.3. The molecule has 0 aromatic heterocycles. The molecular weight excluding hydrogens is 204 g/mol. The summed E-state index contributed by atoms with van der Waals surface area (Å²) in [4.78, 5) is 12.9. The van der Waals surface area contributed by atoms with E-state index in [1.165, 1.54) is 0 Å². The molecule has 3 nitrogen and oxygen atoms in total. The third-order valence-electron chi connectivity index (χ3n) is 3.76. The van der Waals surface area contributed by atoms with Gasteiger partial charge in [-0.1, -0.05) is 0 Å². The number of carbonyl (C=O) groups is 1. The summed E-state index contributed by atoms with van der Waals surface area (Å²) in [5.74, 6) is -4.34. The van der Waals surface area contributed by atoms with Crippen LogP contribution in [-0.4, -0.2) is 41.5 Å². The van der Waals surface area contributed by atoms with E-state index in [1.807, 2.05) is 11.9 Å². The lowest BCUT2D eigenvalue weighted by molar-refractivity contribution is -0.148. The van der Waals surface area contributed by atoms with Gasteiger partial charge in [0.25, 0.3) is 5.92 Å². The van der Waals surface area contributed by atoms with Gasteiger partial charge in [0, 0.05) is 12.5 Å². The summed E-state index contributed by atoms with van der Waals surface area (Å²) < 4.78 is 26.2. The molecule has 2 fully saturated rings. The first-order valence-electron chi connectivity index (χ1n) is 5.20. The van der Waals surface area contributed by atoms with Crippen LogP contribution in [0, 0.1) is 5.41 Å². The fraction of sp³-hybridized carbons (Fsp3) is 0.900. The molecule has 2 aliphatic rings. The number of hydrogen-bond donors (Lipinski definition) is 1. The van der Waals surface area contributed by atoms with Gasteiger partial charge >= 0.3 is 5.97 Å². The average molecular weight is 219 g/mol. The molecule has 0 radical (unpaired) electrons. The van der Waals surface area contributed by atoms with Crippen LogP contribution < -0.4 is 0 Å². The van der Waals surface area contributed by atoms with Crippen molar-refractivity contribution in [3.05, 3.63) is 0 Å². The maximum Gasteiger partial charge on any atom is 0.316 e. The quantitative estimate of drug-likeness (QED) is 0.783. The second-order valence-corrected chi connectivity index (χ2v) is 4.75. The Morgan fingerprint density at radius 2 is 2.20 bits per heavy atom. The minimum atomic E-state index is -3.00. The van der Waals surface area contributed by atoms with Gasteiger partial charge in [-0.15, -0.1) is 0 Å². The van der Waals surface area contributed by atoms with Crippen molar-refractivity contribution in [2.75, 3.05) is 13.6 Å². The highest BCUT2D eigenvalue weighted by molar-refractivity contribution is 5.80. The van der Waals surface area contributed by atoms with E-state index in [0.717, 1.165) is 19.4 Å². The fourth-order valence-electron chi connectivity index (χ4n) is 2.52. The van der Waals surface area contributed by atoms with Crippen molar-refractivity contribution in [3.63, 3.8) is 0 Å². The Hall–Kier alpha value is -0.710. The van der Waals surface area contributed by atoms with E-state index in [9.17, 15) is 13.6 Å². The summed E-state index contributed by atoms with van der Waals surface area (Å²) in [6, 6.07) is 0.00877. The number of likely N-dealkylation sites (tertiary alicyclic amines) is 1. The van der Waals surface area contributed by atoms with Crippen LogP contribution in [0.1, 0.15) is 25.7 Å². The highest BCUT2D eigenvalue weighted by Gasteiger charge is 2.76. The van der Waals surface area contributed by atoms with Crippen LogP contribution in [0.5, 0.6) is 0 Å². The van der Waals surface area contributed by atoms with Crippen molar-refractivity contribution in [1.82, 2.24) is 4.90 Å².